The molecule has 4 heteroatoms. The molecular weight excluding hydrogens is 302 g/mol. The van der Waals surface area contributed by atoms with Crippen LogP contribution in [0.2, 0.25) is 5.02 Å². The fraction of sp³-hybridized carbons (Fsp3) is 0.235. The van der Waals surface area contributed by atoms with Crippen molar-refractivity contribution in [1.82, 2.24) is 5.32 Å². The summed E-state index contributed by atoms with van der Waals surface area (Å²) in [5.41, 5.74) is 2.79. The molecule has 2 rings (SSSR count). The number of carbonyl (C=O) groups excluding carboxylic acids is 1. The Morgan fingerprint density at radius 2 is 1.95 bits per heavy atom. The highest BCUT2D eigenvalue weighted by molar-refractivity contribution is 7.98. The van der Waals surface area contributed by atoms with Gasteiger partial charge in [0.05, 0.1) is 16.6 Å². The summed E-state index contributed by atoms with van der Waals surface area (Å²) in [6.07, 6.45) is 1.97. The van der Waals surface area contributed by atoms with Crippen LogP contribution in [0, 0.1) is 6.92 Å². The monoisotopic (exact) mass is 319 g/mol. The molecule has 0 aliphatic carbocycles. The molecule has 21 heavy (non-hydrogen) atoms. The third kappa shape index (κ3) is 3.80. The topological polar surface area (TPSA) is 29.1 Å². The van der Waals surface area contributed by atoms with Gasteiger partial charge in [0, 0.05) is 4.90 Å². The Morgan fingerprint density at radius 3 is 2.62 bits per heavy atom. The van der Waals surface area contributed by atoms with E-state index in [4.69, 9.17) is 11.6 Å². The van der Waals surface area contributed by atoms with Crippen molar-refractivity contribution in [3.05, 3.63) is 64.2 Å². The van der Waals surface area contributed by atoms with E-state index in [-0.39, 0.29) is 11.9 Å². The Morgan fingerprint density at radius 1 is 1.24 bits per heavy atom. The second kappa shape index (κ2) is 7.01. The van der Waals surface area contributed by atoms with Crippen molar-refractivity contribution in [3.8, 4) is 0 Å². The lowest BCUT2D eigenvalue weighted by atomic mass is 10.0. The van der Waals surface area contributed by atoms with Gasteiger partial charge >= 0.3 is 0 Å². The Hall–Kier alpha value is -1.45. The summed E-state index contributed by atoms with van der Waals surface area (Å²) < 4.78 is 0. The van der Waals surface area contributed by atoms with Gasteiger partial charge in [0.25, 0.3) is 5.91 Å². The summed E-state index contributed by atoms with van der Waals surface area (Å²) >= 11 is 7.73. The van der Waals surface area contributed by atoms with E-state index >= 15 is 0 Å². The largest absolute Gasteiger partial charge is 0.345 e. The summed E-state index contributed by atoms with van der Waals surface area (Å²) in [5, 5.41) is 3.49. The van der Waals surface area contributed by atoms with Gasteiger partial charge in [-0.05, 0) is 49.4 Å². The molecule has 2 aromatic rings. The predicted octanol–water partition coefficient (Wildman–Crippen LogP) is 4.86. The Balaban J connectivity index is 2.20. The van der Waals surface area contributed by atoms with Crippen LogP contribution in [0.1, 0.15) is 34.5 Å². The zero-order valence-corrected chi connectivity index (χ0v) is 13.9. The molecule has 1 unspecified atom stereocenters. The van der Waals surface area contributed by atoms with Gasteiger partial charge in [-0.1, -0.05) is 35.9 Å². The lowest BCUT2D eigenvalue weighted by Gasteiger charge is -2.17. The molecule has 0 bridgehead atoms. The van der Waals surface area contributed by atoms with Crippen LogP contribution >= 0.6 is 23.4 Å². The highest BCUT2D eigenvalue weighted by atomic mass is 35.5. The lowest BCUT2D eigenvalue weighted by molar-refractivity contribution is 0.0940. The van der Waals surface area contributed by atoms with Gasteiger partial charge in [0.1, 0.15) is 0 Å². The minimum Gasteiger partial charge on any atom is -0.345 e. The summed E-state index contributed by atoms with van der Waals surface area (Å²) in [4.78, 5) is 13.4. The normalized spacial score (nSPS) is 12.0. The zero-order valence-electron chi connectivity index (χ0n) is 12.3. The van der Waals surface area contributed by atoms with Gasteiger partial charge in [0.15, 0.2) is 0 Å². The number of hydrogen-bond donors (Lipinski definition) is 1. The molecule has 110 valence electrons. The fourth-order valence-electron chi connectivity index (χ4n) is 2.23. The van der Waals surface area contributed by atoms with Gasteiger partial charge in [-0.25, -0.2) is 0 Å². The maximum Gasteiger partial charge on any atom is 0.253 e. The summed E-state index contributed by atoms with van der Waals surface area (Å²) in [6.45, 7) is 4.02. The third-order valence-corrected chi connectivity index (χ3v) is 4.48. The van der Waals surface area contributed by atoms with Crippen LogP contribution in [0.3, 0.4) is 0 Å². The van der Waals surface area contributed by atoms with Crippen molar-refractivity contribution in [1.29, 1.82) is 0 Å². The number of amides is 1. The SMILES string of the molecule is CSc1ccc(Cl)c(C(=O)NC(C)c2ccccc2C)c1. The molecule has 0 aliphatic heterocycles. The van der Waals surface area contributed by atoms with E-state index < -0.39 is 0 Å². The number of benzene rings is 2. The van der Waals surface area contributed by atoms with Crippen LogP contribution in [0.5, 0.6) is 0 Å². The Bertz CT molecular complexity index is 657. The molecular formula is C17H18ClNOS. The molecule has 0 fully saturated rings. The van der Waals surface area contributed by atoms with Gasteiger partial charge in [-0.2, -0.15) is 0 Å². The number of halogens is 1. The molecule has 2 nitrogen and oxygen atoms in total. The first-order valence-electron chi connectivity index (χ1n) is 6.73. The van der Waals surface area contributed by atoms with E-state index in [0.717, 1.165) is 16.0 Å². The summed E-state index contributed by atoms with van der Waals surface area (Å²) in [5.74, 6) is -0.147. The molecule has 1 N–H and O–H groups in total. The Labute approximate surface area is 134 Å². The maximum absolute atomic E-state index is 12.4. The van der Waals surface area contributed by atoms with Gasteiger partial charge in [-0.15, -0.1) is 11.8 Å². The molecule has 0 radical (unpaired) electrons. The van der Waals surface area contributed by atoms with E-state index in [2.05, 4.69) is 5.32 Å². The average Bonchev–Trinajstić information content (AvgIpc) is 2.48. The van der Waals surface area contributed by atoms with Crippen LogP contribution < -0.4 is 5.32 Å². The molecule has 0 saturated carbocycles. The van der Waals surface area contributed by atoms with Crippen molar-refractivity contribution in [2.45, 2.75) is 24.8 Å². The summed E-state index contributed by atoms with van der Waals surface area (Å²) in [7, 11) is 0. The van der Waals surface area contributed by atoms with Crippen molar-refractivity contribution < 1.29 is 4.79 Å². The van der Waals surface area contributed by atoms with E-state index in [1.54, 1.807) is 17.8 Å². The molecule has 0 aromatic heterocycles. The third-order valence-electron chi connectivity index (χ3n) is 3.42. The molecule has 1 amide bonds. The highest BCUT2D eigenvalue weighted by Gasteiger charge is 2.15. The Kier molecular flexibility index (Phi) is 5.32. The zero-order chi connectivity index (χ0) is 15.4. The van der Waals surface area contributed by atoms with Crippen LogP contribution in [-0.4, -0.2) is 12.2 Å². The van der Waals surface area contributed by atoms with Crippen LogP contribution in [-0.2, 0) is 0 Å². The lowest BCUT2D eigenvalue weighted by Crippen LogP contribution is -2.27. The van der Waals surface area contributed by atoms with Crippen LogP contribution in [0.25, 0.3) is 0 Å². The number of carbonyl (C=O) groups is 1. The standard InChI is InChI=1S/C17H18ClNOS/c1-11-6-4-5-7-14(11)12(2)19-17(20)15-10-13(21-3)8-9-16(15)18/h4-10,12H,1-3H3,(H,19,20). The van der Waals surface area contributed by atoms with Crippen molar-refractivity contribution in [2.75, 3.05) is 6.26 Å². The minimum absolute atomic E-state index is 0.0623. The molecule has 0 aliphatic rings. The van der Waals surface area contributed by atoms with Crippen molar-refractivity contribution in [2.24, 2.45) is 0 Å². The molecule has 0 spiro atoms. The van der Waals surface area contributed by atoms with E-state index in [0.29, 0.717) is 10.6 Å². The quantitative estimate of drug-likeness (QED) is 0.815. The highest BCUT2D eigenvalue weighted by Crippen LogP contribution is 2.24. The number of aryl methyl sites for hydroxylation is 1. The first-order valence-corrected chi connectivity index (χ1v) is 8.33. The van der Waals surface area contributed by atoms with Gasteiger partial charge < -0.3 is 5.32 Å². The number of thioether (sulfide) groups is 1. The minimum atomic E-state index is -0.147. The van der Waals surface area contributed by atoms with E-state index in [1.807, 2.05) is 56.5 Å². The second-order valence-electron chi connectivity index (χ2n) is 4.90. The second-order valence-corrected chi connectivity index (χ2v) is 6.18. The molecule has 0 heterocycles. The number of hydrogen-bond acceptors (Lipinski definition) is 2. The number of nitrogens with one attached hydrogen (secondary N) is 1. The molecule has 2 aromatic carbocycles. The predicted molar refractivity (Wildman–Crippen MR) is 90.3 cm³/mol. The van der Waals surface area contributed by atoms with Crippen LogP contribution in [0.15, 0.2) is 47.4 Å². The average molecular weight is 320 g/mol. The van der Waals surface area contributed by atoms with Crippen LogP contribution in [0.4, 0.5) is 0 Å². The number of rotatable bonds is 4. The van der Waals surface area contributed by atoms with Gasteiger partial charge in [0.2, 0.25) is 0 Å². The summed E-state index contributed by atoms with van der Waals surface area (Å²) in [6, 6.07) is 13.5. The molecule has 0 saturated heterocycles. The first kappa shape index (κ1) is 15.9. The molecule has 1 atom stereocenters. The fourth-order valence-corrected chi connectivity index (χ4v) is 2.87. The maximum atomic E-state index is 12.4. The smallest absolute Gasteiger partial charge is 0.253 e. The van der Waals surface area contributed by atoms with Crippen molar-refractivity contribution >= 4 is 29.3 Å². The van der Waals surface area contributed by atoms with Gasteiger partial charge in [-0.3, -0.25) is 4.79 Å². The first-order chi connectivity index (χ1) is 10.0. The van der Waals surface area contributed by atoms with E-state index in [9.17, 15) is 4.79 Å². The van der Waals surface area contributed by atoms with E-state index in [1.165, 1.54) is 0 Å². The van der Waals surface area contributed by atoms with Crippen molar-refractivity contribution in [3.63, 3.8) is 0 Å².